The van der Waals surface area contributed by atoms with Gasteiger partial charge in [-0.15, -0.1) is 0 Å². The lowest BCUT2D eigenvalue weighted by Gasteiger charge is -2.30. The van der Waals surface area contributed by atoms with E-state index in [2.05, 4.69) is 47.1 Å². The highest BCUT2D eigenvalue weighted by molar-refractivity contribution is 9.10. The molecule has 4 heteroatoms. The zero-order valence-electron chi connectivity index (χ0n) is 10.6. The average Bonchev–Trinajstić information content (AvgIpc) is 2.34. The van der Waals surface area contributed by atoms with Crippen LogP contribution >= 0.6 is 27.7 Å². The zero-order valence-corrected chi connectivity index (χ0v) is 13.0. The molecule has 1 aromatic carbocycles. The van der Waals surface area contributed by atoms with Gasteiger partial charge in [-0.2, -0.15) is 11.8 Å². The van der Waals surface area contributed by atoms with Crippen LogP contribution in [0.4, 0.5) is 5.69 Å². The number of thioether (sulfide) groups is 1. The molecule has 0 bridgehead atoms. The maximum atomic E-state index is 9.42. The highest BCUT2D eigenvalue weighted by Gasteiger charge is 2.15. The molecular weight excluding hydrogens is 298 g/mol. The van der Waals surface area contributed by atoms with Crippen molar-refractivity contribution < 1.29 is 5.11 Å². The first-order chi connectivity index (χ1) is 8.13. The second-order valence-electron chi connectivity index (χ2n) is 4.06. The van der Waals surface area contributed by atoms with E-state index in [1.54, 1.807) is 0 Å². The van der Waals surface area contributed by atoms with Crippen LogP contribution < -0.4 is 4.90 Å². The summed E-state index contributed by atoms with van der Waals surface area (Å²) in [6.45, 7) is 2.28. The van der Waals surface area contributed by atoms with E-state index in [1.807, 2.05) is 23.9 Å². The first kappa shape index (κ1) is 14.9. The third-order valence-electron chi connectivity index (χ3n) is 2.97. The fourth-order valence-electron chi connectivity index (χ4n) is 1.92. The zero-order chi connectivity index (χ0) is 12.8. The summed E-state index contributed by atoms with van der Waals surface area (Å²) >= 11 is 5.30. The smallest absolute Gasteiger partial charge is 0.0702 e. The van der Waals surface area contributed by atoms with Crippen molar-refractivity contribution in [3.8, 4) is 0 Å². The van der Waals surface area contributed by atoms with Crippen molar-refractivity contribution in [2.45, 2.75) is 26.0 Å². The largest absolute Gasteiger partial charge is 0.392 e. The van der Waals surface area contributed by atoms with Crippen LogP contribution in [0.25, 0.3) is 0 Å². The molecule has 0 radical (unpaired) electrons. The highest BCUT2D eigenvalue weighted by atomic mass is 79.9. The average molecular weight is 318 g/mol. The first-order valence-electron chi connectivity index (χ1n) is 5.75. The molecule has 0 aliphatic heterocycles. The van der Waals surface area contributed by atoms with Crippen molar-refractivity contribution in [1.29, 1.82) is 0 Å². The third kappa shape index (κ3) is 3.90. The van der Waals surface area contributed by atoms with Crippen LogP contribution in [0.2, 0.25) is 0 Å². The Morgan fingerprint density at radius 3 is 2.71 bits per heavy atom. The van der Waals surface area contributed by atoms with Crippen molar-refractivity contribution in [1.82, 2.24) is 0 Å². The molecule has 1 aromatic rings. The predicted octanol–water partition coefficient (Wildman–Crippen LogP) is 3.52. The first-order valence-corrected chi connectivity index (χ1v) is 7.93. The molecule has 1 atom stereocenters. The molecule has 0 amide bonds. The van der Waals surface area contributed by atoms with Gasteiger partial charge in [0.15, 0.2) is 0 Å². The third-order valence-corrected chi connectivity index (χ3v) is 4.18. The molecule has 0 saturated carbocycles. The number of aliphatic hydroxyl groups excluding tert-OH is 1. The van der Waals surface area contributed by atoms with Gasteiger partial charge in [0.05, 0.1) is 6.61 Å². The molecule has 0 aromatic heterocycles. The van der Waals surface area contributed by atoms with Gasteiger partial charge in [-0.1, -0.05) is 22.9 Å². The summed E-state index contributed by atoms with van der Waals surface area (Å²) < 4.78 is 1.01. The van der Waals surface area contributed by atoms with Gasteiger partial charge in [0.2, 0.25) is 0 Å². The minimum absolute atomic E-state index is 0.0782. The summed E-state index contributed by atoms with van der Waals surface area (Å²) in [6.07, 6.45) is 3.24. The molecule has 0 aliphatic carbocycles. The van der Waals surface area contributed by atoms with Crippen LogP contribution in [-0.2, 0) is 6.61 Å². The molecule has 0 aliphatic rings. The van der Waals surface area contributed by atoms with Crippen LogP contribution in [0.3, 0.4) is 0 Å². The number of hydrogen-bond acceptors (Lipinski definition) is 3. The predicted molar refractivity (Wildman–Crippen MR) is 80.9 cm³/mol. The van der Waals surface area contributed by atoms with Crippen LogP contribution in [0.15, 0.2) is 22.7 Å². The number of aliphatic hydroxyl groups is 1. The monoisotopic (exact) mass is 317 g/mol. The second kappa shape index (κ2) is 7.29. The Kier molecular flexibility index (Phi) is 6.38. The second-order valence-corrected chi connectivity index (χ2v) is 5.89. The minimum Gasteiger partial charge on any atom is -0.392 e. The summed E-state index contributed by atoms with van der Waals surface area (Å²) in [5.41, 5.74) is 2.10. The number of anilines is 1. The normalized spacial score (nSPS) is 12.5. The molecule has 0 spiro atoms. The van der Waals surface area contributed by atoms with Crippen LogP contribution in [-0.4, -0.2) is 30.2 Å². The lowest BCUT2D eigenvalue weighted by atomic mass is 10.1. The van der Waals surface area contributed by atoms with Gasteiger partial charge in [-0.3, -0.25) is 0 Å². The molecule has 0 saturated heterocycles. The van der Waals surface area contributed by atoms with Crippen LogP contribution in [0.5, 0.6) is 0 Å². The summed E-state index contributed by atoms with van der Waals surface area (Å²) in [5, 5.41) is 9.42. The topological polar surface area (TPSA) is 23.5 Å². The SMILES string of the molecule is CCC(CSC)N(C)c1ccc(Br)cc1CO. The van der Waals surface area contributed by atoms with E-state index < -0.39 is 0 Å². The van der Waals surface area contributed by atoms with E-state index in [1.165, 1.54) is 0 Å². The van der Waals surface area contributed by atoms with Gasteiger partial charge in [-0.05, 0) is 30.9 Å². The molecule has 2 nitrogen and oxygen atoms in total. The lowest BCUT2D eigenvalue weighted by molar-refractivity contribution is 0.282. The summed E-state index contributed by atoms with van der Waals surface area (Å²) in [4.78, 5) is 2.27. The van der Waals surface area contributed by atoms with E-state index in [0.717, 1.165) is 27.9 Å². The molecule has 96 valence electrons. The molecule has 1 rings (SSSR count). The highest BCUT2D eigenvalue weighted by Crippen LogP contribution is 2.26. The fourth-order valence-corrected chi connectivity index (χ4v) is 3.17. The Labute approximate surface area is 117 Å². The van der Waals surface area contributed by atoms with Crippen molar-refractivity contribution in [3.63, 3.8) is 0 Å². The maximum absolute atomic E-state index is 9.42. The van der Waals surface area contributed by atoms with E-state index >= 15 is 0 Å². The van der Waals surface area contributed by atoms with Crippen molar-refractivity contribution in [2.75, 3.05) is 24.0 Å². The van der Waals surface area contributed by atoms with E-state index in [0.29, 0.717) is 6.04 Å². The van der Waals surface area contributed by atoms with Gasteiger partial charge in [-0.25, -0.2) is 0 Å². The number of hydrogen-bond donors (Lipinski definition) is 1. The van der Waals surface area contributed by atoms with Crippen molar-refractivity contribution in [3.05, 3.63) is 28.2 Å². The van der Waals surface area contributed by atoms with Crippen LogP contribution in [0, 0.1) is 0 Å². The molecule has 0 heterocycles. The van der Waals surface area contributed by atoms with Gasteiger partial charge in [0, 0.05) is 34.6 Å². The van der Waals surface area contributed by atoms with Crippen LogP contribution in [0.1, 0.15) is 18.9 Å². The number of halogens is 1. The quantitative estimate of drug-likeness (QED) is 0.868. The summed E-state index contributed by atoms with van der Waals surface area (Å²) in [7, 11) is 2.10. The van der Waals surface area contributed by atoms with Gasteiger partial charge in [0.1, 0.15) is 0 Å². The molecule has 17 heavy (non-hydrogen) atoms. The minimum atomic E-state index is 0.0782. The van der Waals surface area contributed by atoms with E-state index in [-0.39, 0.29) is 6.61 Å². The Morgan fingerprint density at radius 2 is 2.18 bits per heavy atom. The number of rotatable bonds is 6. The van der Waals surface area contributed by atoms with Crippen molar-refractivity contribution >= 4 is 33.4 Å². The van der Waals surface area contributed by atoms with E-state index in [4.69, 9.17) is 0 Å². The molecule has 1 unspecified atom stereocenters. The van der Waals surface area contributed by atoms with Gasteiger partial charge in [0.25, 0.3) is 0 Å². The Balaban J connectivity index is 2.97. The summed E-state index contributed by atoms with van der Waals surface area (Å²) in [6, 6.07) is 6.59. The molecule has 0 fully saturated rings. The number of benzene rings is 1. The summed E-state index contributed by atoms with van der Waals surface area (Å²) in [5.74, 6) is 1.11. The maximum Gasteiger partial charge on any atom is 0.0702 e. The Hall–Kier alpha value is -0.190. The fraction of sp³-hybridized carbons (Fsp3) is 0.538. The Bertz CT molecular complexity index is 359. The Morgan fingerprint density at radius 1 is 1.47 bits per heavy atom. The molecular formula is C13H20BrNOS. The standard InChI is InChI=1S/C13H20BrNOS/c1-4-12(9-17-3)15(2)13-6-5-11(14)7-10(13)8-16/h5-7,12,16H,4,8-9H2,1-3H3. The lowest BCUT2D eigenvalue weighted by Crippen LogP contribution is -2.33. The van der Waals surface area contributed by atoms with Gasteiger partial charge < -0.3 is 10.0 Å². The van der Waals surface area contributed by atoms with Crippen molar-refractivity contribution in [2.24, 2.45) is 0 Å². The van der Waals surface area contributed by atoms with Gasteiger partial charge >= 0.3 is 0 Å². The van der Waals surface area contributed by atoms with E-state index in [9.17, 15) is 5.11 Å². The molecule has 1 N–H and O–H groups in total. The number of nitrogens with zero attached hydrogens (tertiary/aromatic N) is 1.